The SMILES string of the molecule is CCCc1cnc(C)c(/C=C/c2ccc(F)cc2OF)c1. The fraction of sp³-hybridized carbons (Fsp3) is 0.235. The molecule has 2 rings (SSSR count). The average molecular weight is 289 g/mol. The fourth-order valence-electron chi connectivity index (χ4n) is 2.08. The Morgan fingerprint density at radius 1 is 1.19 bits per heavy atom. The summed E-state index contributed by atoms with van der Waals surface area (Å²) in [7, 11) is 0. The molecule has 4 heteroatoms. The van der Waals surface area contributed by atoms with Crippen molar-refractivity contribution in [2.75, 3.05) is 0 Å². The Morgan fingerprint density at radius 2 is 1.95 bits per heavy atom. The summed E-state index contributed by atoms with van der Waals surface area (Å²) in [4.78, 5) is 8.05. The summed E-state index contributed by atoms with van der Waals surface area (Å²) in [6.45, 7) is 4.02. The van der Waals surface area contributed by atoms with Gasteiger partial charge in [-0.2, -0.15) is 0 Å². The van der Waals surface area contributed by atoms with Crippen LogP contribution >= 0.6 is 0 Å². The molecular formula is C17H17F2NO. The lowest BCUT2D eigenvalue weighted by Crippen LogP contribution is -1.91. The molecule has 0 atom stereocenters. The minimum atomic E-state index is -0.539. The summed E-state index contributed by atoms with van der Waals surface area (Å²) in [5.74, 6) is -0.677. The van der Waals surface area contributed by atoms with Crippen LogP contribution in [0.15, 0.2) is 30.5 Å². The second-order valence-corrected chi connectivity index (χ2v) is 4.86. The highest BCUT2D eigenvalue weighted by Gasteiger charge is 2.04. The van der Waals surface area contributed by atoms with Gasteiger partial charge in [0.2, 0.25) is 0 Å². The lowest BCUT2D eigenvalue weighted by molar-refractivity contribution is -0.00679. The van der Waals surface area contributed by atoms with Crippen molar-refractivity contribution in [3.8, 4) is 5.75 Å². The van der Waals surface area contributed by atoms with Gasteiger partial charge in [-0.25, -0.2) is 4.39 Å². The summed E-state index contributed by atoms with van der Waals surface area (Å²) in [6.07, 6.45) is 7.39. The van der Waals surface area contributed by atoms with Gasteiger partial charge < -0.3 is 0 Å². The van der Waals surface area contributed by atoms with E-state index in [0.717, 1.165) is 35.7 Å². The number of aryl methyl sites for hydroxylation is 2. The summed E-state index contributed by atoms with van der Waals surface area (Å²) < 4.78 is 25.4. The van der Waals surface area contributed by atoms with Crippen LogP contribution in [0.25, 0.3) is 12.2 Å². The summed E-state index contributed by atoms with van der Waals surface area (Å²) in [5, 5.41) is 0. The summed E-state index contributed by atoms with van der Waals surface area (Å²) in [6, 6.07) is 5.81. The third-order valence-corrected chi connectivity index (χ3v) is 3.22. The van der Waals surface area contributed by atoms with E-state index in [1.165, 1.54) is 12.1 Å². The minimum Gasteiger partial charge on any atom is -0.294 e. The highest BCUT2D eigenvalue weighted by Crippen LogP contribution is 2.23. The van der Waals surface area contributed by atoms with Crippen molar-refractivity contribution in [3.05, 3.63) is 58.7 Å². The normalized spacial score (nSPS) is 11.0. The number of nitrogens with zero attached hydrogens (tertiary/aromatic N) is 1. The molecule has 0 radical (unpaired) electrons. The molecule has 0 fully saturated rings. The molecule has 0 amide bonds. The number of benzene rings is 1. The van der Waals surface area contributed by atoms with Gasteiger partial charge in [0, 0.05) is 28.0 Å². The van der Waals surface area contributed by atoms with Crippen molar-refractivity contribution >= 4 is 12.2 Å². The number of hydrogen-bond acceptors (Lipinski definition) is 2. The first-order chi connectivity index (χ1) is 10.1. The van der Waals surface area contributed by atoms with E-state index in [0.29, 0.717) is 5.56 Å². The maximum atomic E-state index is 13.0. The third kappa shape index (κ3) is 3.88. The van der Waals surface area contributed by atoms with Gasteiger partial charge in [-0.15, -0.1) is 0 Å². The standard InChI is InChI=1S/C17H17F2NO/c1-3-4-13-9-15(12(2)20-11-13)6-5-14-7-8-16(18)10-17(14)21-19/h5-11H,3-4H2,1-2H3/b6-5+. The van der Waals surface area contributed by atoms with Crippen molar-refractivity contribution in [1.29, 1.82) is 0 Å². The van der Waals surface area contributed by atoms with E-state index in [2.05, 4.69) is 22.9 Å². The zero-order valence-electron chi connectivity index (χ0n) is 12.1. The molecule has 0 bridgehead atoms. The molecule has 1 aromatic heterocycles. The molecule has 1 heterocycles. The van der Waals surface area contributed by atoms with Crippen LogP contribution < -0.4 is 4.94 Å². The lowest BCUT2D eigenvalue weighted by Gasteiger charge is -2.04. The Balaban J connectivity index is 2.30. The van der Waals surface area contributed by atoms with Gasteiger partial charge in [0.05, 0.1) is 0 Å². The largest absolute Gasteiger partial charge is 0.294 e. The molecule has 0 saturated heterocycles. The van der Waals surface area contributed by atoms with Crippen molar-refractivity contribution in [2.24, 2.45) is 0 Å². The quantitative estimate of drug-likeness (QED) is 0.779. The van der Waals surface area contributed by atoms with E-state index < -0.39 is 5.82 Å². The van der Waals surface area contributed by atoms with Crippen LogP contribution in [0, 0.1) is 12.7 Å². The van der Waals surface area contributed by atoms with E-state index in [4.69, 9.17) is 0 Å². The van der Waals surface area contributed by atoms with Gasteiger partial charge in [0.15, 0.2) is 5.75 Å². The molecule has 21 heavy (non-hydrogen) atoms. The van der Waals surface area contributed by atoms with Crippen LogP contribution in [0.1, 0.15) is 35.7 Å². The van der Waals surface area contributed by atoms with E-state index in [9.17, 15) is 8.92 Å². The molecule has 1 aromatic carbocycles. The van der Waals surface area contributed by atoms with Crippen LogP contribution in [0.3, 0.4) is 0 Å². The molecule has 2 nitrogen and oxygen atoms in total. The Bertz CT molecular complexity index is 653. The number of aromatic nitrogens is 1. The average Bonchev–Trinajstić information content (AvgIpc) is 2.49. The second kappa shape index (κ2) is 6.97. The van der Waals surface area contributed by atoms with Crippen molar-refractivity contribution in [2.45, 2.75) is 26.7 Å². The lowest BCUT2D eigenvalue weighted by atomic mass is 10.1. The molecule has 0 N–H and O–H groups in total. The molecule has 0 aliphatic carbocycles. The highest BCUT2D eigenvalue weighted by atomic mass is 19.3. The smallest absolute Gasteiger partial charge is 0.182 e. The number of rotatable bonds is 5. The van der Waals surface area contributed by atoms with Crippen LogP contribution in [-0.2, 0) is 6.42 Å². The van der Waals surface area contributed by atoms with Crippen LogP contribution in [0.2, 0.25) is 0 Å². The first kappa shape index (κ1) is 15.2. The van der Waals surface area contributed by atoms with Crippen LogP contribution in [0.5, 0.6) is 5.75 Å². The maximum absolute atomic E-state index is 13.0. The predicted octanol–water partition coefficient (Wildman–Crippen LogP) is 4.92. The van der Waals surface area contributed by atoms with Crippen LogP contribution in [0.4, 0.5) is 8.92 Å². The van der Waals surface area contributed by atoms with Gasteiger partial charge in [0.25, 0.3) is 0 Å². The Labute approximate surface area is 123 Å². The fourth-order valence-corrected chi connectivity index (χ4v) is 2.08. The van der Waals surface area contributed by atoms with Gasteiger partial charge >= 0.3 is 0 Å². The van der Waals surface area contributed by atoms with Gasteiger partial charge in [-0.3, -0.25) is 9.93 Å². The number of pyridine rings is 1. The molecule has 2 aromatic rings. The molecule has 0 aliphatic heterocycles. The number of halogens is 2. The zero-order chi connectivity index (χ0) is 15.2. The van der Waals surface area contributed by atoms with E-state index in [1.807, 2.05) is 19.2 Å². The van der Waals surface area contributed by atoms with E-state index in [1.54, 1.807) is 6.08 Å². The molecule has 0 spiro atoms. The first-order valence-electron chi connectivity index (χ1n) is 6.85. The van der Waals surface area contributed by atoms with Gasteiger partial charge in [0.1, 0.15) is 5.82 Å². The molecule has 110 valence electrons. The third-order valence-electron chi connectivity index (χ3n) is 3.22. The Morgan fingerprint density at radius 3 is 2.67 bits per heavy atom. The first-order valence-corrected chi connectivity index (χ1v) is 6.85. The van der Waals surface area contributed by atoms with Gasteiger partial charge in [-0.1, -0.05) is 25.5 Å². The predicted molar refractivity (Wildman–Crippen MR) is 80.0 cm³/mol. The summed E-state index contributed by atoms with van der Waals surface area (Å²) in [5.41, 5.74) is 3.47. The monoisotopic (exact) mass is 289 g/mol. The molecule has 0 aliphatic rings. The molecular weight excluding hydrogens is 272 g/mol. The second-order valence-electron chi connectivity index (χ2n) is 4.86. The highest BCUT2D eigenvalue weighted by molar-refractivity contribution is 5.73. The van der Waals surface area contributed by atoms with Gasteiger partial charge in [-0.05, 0) is 42.7 Å². The van der Waals surface area contributed by atoms with Crippen LogP contribution in [-0.4, -0.2) is 4.98 Å². The molecule has 0 saturated carbocycles. The van der Waals surface area contributed by atoms with Crippen molar-refractivity contribution < 1.29 is 13.9 Å². The Hall–Kier alpha value is -2.23. The van der Waals surface area contributed by atoms with Crippen molar-refractivity contribution in [3.63, 3.8) is 0 Å². The Kier molecular flexibility index (Phi) is 5.04. The zero-order valence-corrected chi connectivity index (χ0v) is 12.1. The topological polar surface area (TPSA) is 22.1 Å². The van der Waals surface area contributed by atoms with E-state index >= 15 is 0 Å². The number of hydrogen-bond donors (Lipinski definition) is 0. The minimum absolute atomic E-state index is 0.137. The molecule has 0 unspecified atom stereocenters. The van der Waals surface area contributed by atoms with Crippen molar-refractivity contribution in [1.82, 2.24) is 4.98 Å². The van der Waals surface area contributed by atoms with E-state index in [-0.39, 0.29) is 5.75 Å². The maximum Gasteiger partial charge on any atom is 0.182 e. The summed E-state index contributed by atoms with van der Waals surface area (Å²) >= 11 is 0.